The van der Waals surface area contributed by atoms with Crippen molar-refractivity contribution in [1.29, 1.82) is 0 Å². The Balaban J connectivity index is 2.55. The second-order valence-corrected chi connectivity index (χ2v) is 6.29. The van der Waals surface area contributed by atoms with E-state index in [1.807, 2.05) is 27.7 Å². The summed E-state index contributed by atoms with van der Waals surface area (Å²) in [5.41, 5.74) is 0. The fourth-order valence-corrected chi connectivity index (χ4v) is 2.47. The molecule has 0 radical (unpaired) electrons. The van der Waals surface area contributed by atoms with Crippen LogP contribution >= 0.6 is 0 Å². The lowest BCUT2D eigenvalue weighted by atomic mass is 10.0. The van der Waals surface area contributed by atoms with Crippen molar-refractivity contribution in [2.75, 3.05) is 26.3 Å². The van der Waals surface area contributed by atoms with Crippen LogP contribution < -0.4 is 10.6 Å². The van der Waals surface area contributed by atoms with Crippen LogP contribution in [0.4, 0.5) is 0 Å². The number of nitrogens with zero attached hydrogens (tertiary/aromatic N) is 3. The molecule has 0 aromatic carbocycles. The van der Waals surface area contributed by atoms with Gasteiger partial charge in [-0.15, -0.1) is 0 Å². The molecule has 2 atom stereocenters. The Bertz CT molecular complexity index is 519. The van der Waals surface area contributed by atoms with Crippen LogP contribution in [0.1, 0.15) is 65.8 Å². The third kappa shape index (κ3) is 8.14. The van der Waals surface area contributed by atoms with Crippen LogP contribution in [0.15, 0.2) is 9.52 Å². The molecule has 2 unspecified atom stereocenters. The van der Waals surface area contributed by atoms with Crippen molar-refractivity contribution >= 4 is 5.96 Å². The summed E-state index contributed by atoms with van der Waals surface area (Å²) in [5, 5.41) is 10.5. The molecule has 1 aromatic rings. The molecule has 0 aliphatic rings. The van der Waals surface area contributed by atoms with Crippen LogP contribution in [-0.4, -0.2) is 48.5 Å². The SMILES string of the molecule is CCNC(=NCc1nc(C(C)OCC)no1)NCCC(OCC)C(C)C. The van der Waals surface area contributed by atoms with Crippen LogP contribution in [0, 0.1) is 5.92 Å². The van der Waals surface area contributed by atoms with Crippen molar-refractivity contribution in [3.8, 4) is 0 Å². The molecule has 8 heteroatoms. The average Bonchev–Trinajstić information content (AvgIpc) is 3.08. The normalized spacial score (nSPS) is 14.5. The highest BCUT2D eigenvalue weighted by Gasteiger charge is 2.14. The second kappa shape index (κ2) is 12.6. The molecule has 1 rings (SSSR count). The van der Waals surface area contributed by atoms with Gasteiger partial charge in [0.2, 0.25) is 5.89 Å². The number of rotatable bonds is 12. The van der Waals surface area contributed by atoms with Gasteiger partial charge >= 0.3 is 0 Å². The van der Waals surface area contributed by atoms with Crippen LogP contribution in [-0.2, 0) is 16.0 Å². The number of hydrogen-bond donors (Lipinski definition) is 2. The first kappa shape index (κ1) is 22.4. The molecule has 0 spiro atoms. The molecule has 0 aliphatic heterocycles. The average molecular weight is 370 g/mol. The second-order valence-electron chi connectivity index (χ2n) is 6.29. The Hall–Kier alpha value is -1.67. The Morgan fingerprint density at radius 2 is 1.85 bits per heavy atom. The van der Waals surface area contributed by atoms with Gasteiger partial charge in [-0.3, -0.25) is 0 Å². The maximum absolute atomic E-state index is 5.77. The molecule has 0 bridgehead atoms. The van der Waals surface area contributed by atoms with E-state index in [9.17, 15) is 0 Å². The quantitative estimate of drug-likeness (QED) is 0.432. The van der Waals surface area contributed by atoms with Gasteiger partial charge in [-0.1, -0.05) is 19.0 Å². The summed E-state index contributed by atoms with van der Waals surface area (Å²) in [5.74, 6) is 2.23. The van der Waals surface area contributed by atoms with Crippen LogP contribution in [0.2, 0.25) is 0 Å². The minimum Gasteiger partial charge on any atom is -0.378 e. The molecule has 1 heterocycles. The van der Waals surface area contributed by atoms with Gasteiger partial charge in [0.15, 0.2) is 11.8 Å². The molecule has 0 fully saturated rings. The van der Waals surface area contributed by atoms with Crippen molar-refractivity contribution in [3.05, 3.63) is 11.7 Å². The molecule has 150 valence electrons. The van der Waals surface area contributed by atoms with Gasteiger partial charge in [-0.25, -0.2) is 4.99 Å². The smallest absolute Gasteiger partial charge is 0.248 e. The summed E-state index contributed by atoms with van der Waals surface area (Å²) in [6.07, 6.45) is 0.986. The van der Waals surface area contributed by atoms with E-state index in [1.165, 1.54) is 0 Å². The van der Waals surface area contributed by atoms with E-state index < -0.39 is 0 Å². The highest BCUT2D eigenvalue weighted by molar-refractivity contribution is 5.79. The highest BCUT2D eigenvalue weighted by atomic mass is 16.5. The molecule has 0 saturated heterocycles. The largest absolute Gasteiger partial charge is 0.378 e. The first-order valence-electron chi connectivity index (χ1n) is 9.59. The topological polar surface area (TPSA) is 93.8 Å². The summed E-state index contributed by atoms with van der Waals surface area (Å²) in [6, 6.07) is 0. The monoisotopic (exact) mass is 369 g/mol. The Kier molecular flexibility index (Phi) is 10.9. The lowest BCUT2D eigenvalue weighted by Crippen LogP contribution is -2.39. The fourth-order valence-electron chi connectivity index (χ4n) is 2.47. The first-order chi connectivity index (χ1) is 12.5. The molecule has 0 aliphatic carbocycles. The lowest BCUT2D eigenvalue weighted by molar-refractivity contribution is 0.0258. The zero-order chi connectivity index (χ0) is 19.4. The predicted octanol–water partition coefficient (Wildman–Crippen LogP) is 2.67. The minimum absolute atomic E-state index is 0.181. The zero-order valence-electron chi connectivity index (χ0n) is 17.0. The van der Waals surface area contributed by atoms with E-state index in [0.717, 1.165) is 32.1 Å². The minimum atomic E-state index is -0.181. The molecule has 0 amide bonds. The number of hydrogen-bond acceptors (Lipinski definition) is 6. The summed E-state index contributed by atoms with van der Waals surface area (Å²) in [4.78, 5) is 8.84. The molecule has 2 N–H and O–H groups in total. The summed E-state index contributed by atoms with van der Waals surface area (Å²) in [7, 11) is 0. The Labute approximate surface area is 157 Å². The fraction of sp³-hybridized carbons (Fsp3) is 0.833. The van der Waals surface area contributed by atoms with Crippen molar-refractivity contribution in [3.63, 3.8) is 0 Å². The van der Waals surface area contributed by atoms with Crippen molar-refractivity contribution in [1.82, 2.24) is 20.8 Å². The highest BCUT2D eigenvalue weighted by Crippen LogP contribution is 2.13. The van der Waals surface area contributed by atoms with Crippen molar-refractivity contribution < 1.29 is 14.0 Å². The number of ether oxygens (including phenoxy) is 2. The summed E-state index contributed by atoms with van der Waals surface area (Å²) < 4.78 is 16.5. The molecular weight excluding hydrogens is 334 g/mol. The molecule has 0 saturated carbocycles. The van der Waals surface area contributed by atoms with Gasteiger partial charge in [-0.2, -0.15) is 4.98 Å². The van der Waals surface area contributed by atoms with E-state index in [2.05, 4.69) is 39.6 Å². The van der Waals surface area contributed by atoms with E-state index in [4.69, 9.17) is 14.0 Å². The third-order valence-electron chi connectivity index (χ3n) is 3.83. The summed E-state index contributed by atoms with van der Waals surface area (Å²) in [6.45, 7) is 15.5. The maximum Gasteiger partial charge on any atom is 0.248 e. The Morgan fingerprint density at radius 1 is 1.12 bits per heavy atom. The van der Waals surface area contributed by atoms with Gasteiger partial charge in [-0.05, 0) is 40.0 Å². The molecule has 8 nitrogen and oxygen atoms in total. The number of nitrogens with one attached hydrogen (secondary N) is 2. The van der Waals surface area contributed by atoms with Gasteiger partial charge < -0.3 is 24.6 Å². The molecular formula is C18H35N5O3. The van der Waals surface area contributed by atoms with E-state index >= 15 is 0 Å². The predicted molar refractivity (Wildman–Crippen MR) is 102 cm³/mol. The molecule has 1 aromatic heterocycles. The van der Waals surface area contributed by atoms with E-state index in [-0.39, 0.29) is 12.2 Å². The van der Waals surface area contributed by atoms with Gasteiger partial charge in [0.25, 0.3) is 0 Å². The lowest BCUT2D eigenvalue weighted by Gasteiger charge is -2.21. The molecule has 26 heavy (non-hydrogen) atoms. The summed E-state index contributed by atoms with van der Waals surface area (Å²) >= 11 is 0. The number of guanidine groups is 1. The van der Waals surface area contributed by atoms with E-state index in [0.29, 0.717) is 30.8 Å². The van der Waals surface area contributed by atoms with Gasteiger partial charge in [0.1, 0.15) is 12.6 Å². The Morgan fingerprint density at radius 3 is 2.46 bits per heavy atom. The van der Waals surface area contributed by atoms with Gasteiger partial charge in [0.05, 0.1) is 6.10 Å². The van der Waals surface area contributed by atoms with Gasteiger partial charge in [0, 0.05) is 26.3 Å². The van der Waals surface area contributed by atoms with Crippen molar-refractivity contribution in [2.24, 2.45) is 10.9 Å². The van der Waals surface area contributed by atoms with Crippen LogP contribution in [0.5, 0.6) is 0 Å². The maximum atomic E-state index is 5.77. The number of aliphatic imine (C=N–C) groups is 1. The van der Waals surface area contributed by atoms with Crippen molar-refractivity contribution in [2.45, 2.75) is 66.7 Å². The number of aromatic nitrogens is 2. The van der Waals surface area contributed by atoms with Crippen LogP contribution in [0.25, 0.3) is 0 Å². The van der Waals surface area contributed by atoms with E-state index in [1.54, 1.807) is 0 Å². The van der Waals surface area contributed by atoms with Crippen LogP contribution in [0.3, 0.4) is 0 Å². The standard InChI is InChI=1S/C18H35N5O3/c1-7-19-18(20-11-10-15(13(4)5)25-9-3)21-12-16-22-17(23-26-16)14(6)24-8-2/h13-15H,7-12H2,1-6H3,(H2,19,20,21). The first-order valence-corrected chi connectivity index (χ1v) is 9.59. The zero-order valence-corrected chi connectivity index (χ0v) is 17.0. The third-order valence-corrected chi connectivity index (χ3v) is 3.83.